The highest BCUT2D eigenvalue weighted by Crippen LogP contribution is 2.34. The Balaban J connectivity index is 2.39. The SMILES string of the molecule is CCNC(c1cncc(F)c1)c1cc(C)c(Br)s1. The second kappa shape index (κ2) is 5.91. The van der Waals surface area contributed by atoms with Crippen molar-refractivity contribution in [2.45, 2.75) is 19.9 Å². The fourth-order valence-electron chi connectivity index (χ4n) is 1.80. The molecule has 0 spiro atoms. The normalized spacial score (nSPS) is 12.7. The quantitative estimate of drug-likeness (QED) is 0.915. The smallest absolute Gasteiger partial charge is 0.141 e. The van der Waals surface area contributed by atoms with Gasteiger partial charge in [0.1, 0.15) is 5.82 Å². The van der Waals surface area contributed by atoms with Crippen LogP contribution in [0.4, 0.5) is 4.39 Å². The van der Waals surface area contributed by atoms with Crippen LogP contribution in [-0.4, -0.2) is 11.5 Å². The van der Waals surface area contributed by atoms with E-state index in [2.05, 4.69) is 39.2 Å². The first-order valence-corrected chi connectivity index (χ1v) is 7.32. The molecule has 0 aliphatic rings. The van der Waals surface area contributed by atoms with E-state index in [0.29, 0.717) is 0 Å². The zero-order valence-corrected chi connectivity index (χ0v) is 12.6. The van der Waals surface area contributed by atoms with E-state index in [1.165, 1.54) is 17.8 Å². The first-order chi connectivity index (χ1) is 8.61. The Labute approximate surface area is 118 Å². The van der Waals surface area contributed by atoms with Gasteiger partial charge in [0.15, 0.2) is 0 Å². The summed E-state index contributed by atoms with van der Waals surface area (Å²) in [5.74, 6) is -0.303. The van der Waals surface area contributed by atoms with Crippen LogP contribution >= 0.6 is 27.3 Å². The molecule has 5 heteroatoms. The molecule has 18 heavy (non-hydrogen) atoms. The maximum absolute atomic E-state index is 13.3. The molecular weight excluding hydrogens is 315 g/mol. The Morgan fingerprint density at radius 1 is 1.44 bits per heavy atom. The van der Waals surface area contributed by atoms with Gasteiger partial charge in [-0.2, -0.15) is 0 Å². The summed E-state index contributed by atoms with van der Waals surface area (Å²) in [5, 5.41) is 3.37. The predicted molar refractivity (Wildman–Crippen MR) is 76.5 cm³/mol. The first kappa shape index (κ1) is 13.6. The average Bonchev–Trinajstić information content (AvgIpc) is 2.66. The van der Waals surface area contributed by atoms with Crippen LogP contribution in [0.2, 0.25) is 0 Å². The minimum atomic E-state index is -0.303. The molecule has 1 atom stereocenters. The lowest BCUT2D eigenvalue weighted by molar-refractivity contribution is 0.599. The number of thiophene rings is 1. The molecule has 0 aromatic carbocycles. The van der Waals surface area contributed by atoms with Gasteiger partial charge in [0.25, 0.3) is 0 Å². The maximum Gasteiger partial charge on any atom is 0.141 e. The number of rotatable bonds is 4. The van der Waals surface area contributed by atoms with Crippen molar-refractivity contribution in [3.05, 3.63) is 50.1 Å². The second-order valence-electron chi connectivity index (χ2n) is 4.03. The third-order valence-electron chi connectivity index (χ3n) is 2.63. The van der Waals surface area contributed by atoms with Crippen molar-refractivity contribution in [1.82, 2.24) is 10.3 Å². The average molecular weight is 329 g/mol. The molecule has 2 aromatic rings. The summed E-state index contributed by atoms with van der Waals surface area (Å²) >= 11 is 5.19. The van der Waals surface area contributed by atoms with Crippen molar-refractivity contribution in [3.8, 4) is 0 Å². The number of nitrogens with one attached hydrogen (secondary N) is 1. The minimum Gasteiger partial charge on any atom is -0.306 e. The molecule has 2 heterocycles. The molecule has 2 rings (SSSR count). The molecule has 0 radical (unpaired) electrons. The maximum atomic E-state index is 13.3. The monoisotopic (exact) mass is 328 g/mol. The molecular formula is C13H14BrFN2S. The number of halogens is 2. The summed E-state index contributed by atoms with van der Waals surface area (Å²) < 4.78 is 14.4. The van der Waals surface area contributed by atoms with E-state index in [4.69, 9.17) is 0 Å². The lowest BCUT2D eigenvalue weighted by Gasteiger charge is -2.16. The van der Waals surface area contributed by atoms with Crippen LogP contribution in [0, 0.1) is 12.7 Å². The van der Waals surface area contributed by atoms with E-state index in [1.807, 2.05) is 6.92 Å². The number of pyridine rings is 1. The first-order valence-electron chi connectivity index (χ1n) is 5.71. The van der Waals surface area contributed by atoms with Crippen molar-refractivity contribution in [2.24, 2.45) is 0 Å². The highest BCUT2D eigenvalue weighted by Gasteiger charge is 2.17. The van der Waals surface area contributed by atoms with Gasteiger partial charge in [-0.25, -0.2) is 4.39 Å². The second-order valence-corrected chi connectivity index (χ2v) is 6.43. The van der Waals surface area contributed by atoms with E-state index < -0.39 is 0 Å². The molecule has 0 aliphatic carbocycles. The van der Waals surface area contributed by atoms with Crippen LogP contribution in [-0.2, 0) is 0 Å². The summed E-state index contributed by atoms with van der Waals surface area (Å²) in [6, 6.07) is 3.64. The lowest BCUT2D eigenvalue weighted by atomic mass is 10.1. The predicted octanol–water partition coefficient (Wildman–Crippen LogP) is 4.05. The Bertz CT molecular complexity index is 522. The number of nitrogens with zero attached hydrogens (tertiary/aromatic N) is 1. The van der Waals surface area contributed by atoms with E-state index >= 15 is 0 Å². The third kappa shape index (κ3) is 2.96. The van der Waals surface area contributed by atoms with Crippen LogP contribution in [0.25, 0.3) is 0 Å². The molecule has 0 saturated heterocycles. The van der Waals surface area contributed by atoms with Crippen LogP contribution < -0.4 is 5.32 Å². The fourth-order valence-corrected chi connectivity index (χ4v) is 3.47. The van der Waals surface area contributed by atoms with Crippen LogP contribution in [0.15, 0.2) is 28.3 Å². The molecule has 0 amide bonds. The van der Waals surface area contributed by atoms with Gasteiger partial charge in [-0.15, -0.1) is 11.3 Å². The lowest BCUT2D eigenvalue weighted by Crippen LogP contribution is -2.21. The number of hydrogen-bond donors (Lipinski definition) is 1. The molecule has 0 bridgehead atoms. The topological polar surface area (TPSA) is 24.9 Å². The molecule has 0 saturated carbocycles. The van der Waals surface area contributed by atoms with Crippen molar-refractivity contribution in [1.29, 1.82) is 0 Å². The van der Waals surface area contributed by atoms with E-state index in [0.717, 1.165) is 20.8 Å². The van der Waals surface area contributed by atoms with E-state index in [9.17, 15) is 4.39 Å². The Morgan fingerprint density at radius 3 is 2.78 bits per heavy atom. The van der Waals surface area contributed by atoms with Gasteiger partial charge in [0.05, 0.1) is 16.0 Å². The molecule has 0 aliphatic heterocycles. The zero-order chi connectivity index (χ0) is 13.1. The molecule has 96 valence electrons. The van der Waals surface area contributed by atoms with Gasteiger partial charge < -0.3 is 5.32 Å². The van der Waals surface area contributed by atoms with Gasteiger partial charge in [0.2, 0.25) is 0 Å². The molecule has 1 unspecified atom stereocenters. The molecule has 2 nitrogen and oxygen atoms in total. The van der Waals surface area contributed by atoms with Crippen molar-refractivity contribution >= 4 is 27.3 Å². The Hall–Kier alpha value is -0.780. The van der Waals surface area contributed by atoms with E-state index in [1.54, 1.807) is 17.5 Å². The molecule has 2 aromatic heterocycles. The Morgan fingerprint density at radius 2 is 2.22 bits per heavy atom. The summed E-state index contributed by atoms with van der Waals surface area (Å²) in [4.78, 5) is 5.08. The highest BCUT2D eigenvalue weighted by atomic mass is 79.9. The van der Waals surface area contributed by atoms with E-state index in [-0.39, 0.29) is 11.9 Å². The fraction of sp³-hybridized carbons (Fsp3) is 0.308. The van der Waals surface area contributed by atoms with Crippen LogP contribution in [0.3, 0.4) is 0 Å². The Kier molecular flexibility index (Phi) is 4.48. The molecule has 0 fully saturated rings. The van der Waals surface area contributed by atoms with Crippen molar-refractivity contribution in [3.63, 3.8) is 0 Å². The standard InChI is InChI=1S/C13H14BrFN2S/c1-3-17-12(9-5-10(15)7-16-6-9)11-4-8(2)13(14)18-11/h4-7,12,17H,3H2,1-2H3. The van der Waals surface area contributed by atoms with Gasteiger partial charge in [0, 0.05) is 11.1 Å². The zero-order valence-electron chi connectivity index (χ0n) is 10.2. The number of hydrogen-bond acceptors (Lipinski definition) is 3. The summed E-state index contributed by atoms with van der Waals surface area (Å²) in [7, 11) is 0. The number of aromatic nitrogens is 1. The number of aryl methyl sites for hydroxylation is 1. The van der Waals surface area contributed by atoms with Gasteiger partial charge in [-0.05, 0) is 52.7 Å². The third-order valence-corrected chi connectivity index (χ3v) is 4.83. The van der Waals surface area contributed by atoms with Gasteiger partial charge in [-0.3, -0.25) is 4.98 Å². The van der Waals surface area contributed by atoms with Crippen LogP contribution in [0.5, 0.6) is 0 Å². The van der Waals surface area contributed by atoms with Crippen molar-refractivity contribution < 1.29 is 4.39 Å². The summed E-state index contributed by atoms with van der Waals surface area (Å²) in [5.41, 5.74) is 2.05. The van der Waals surface area contributed by atoms with Crippen LogP contribution in [0.1, 0.15) is 29.0 Å². The van der Waals surface area contributed by atoms with Gasteiger partial charge >= 0.3 is 0 Å². The minimum absolute atomic E-state index is 0.00630. The summed E-state index contributed by atoms with van der Waals surface area (Å²) in [6.45, 7) is 4.90. The van der Waals surface area contributed by atoms with Gasteiger partial charge in [-0.1, -0.05) is 6.92 Å². The largest absolute Gasteiger partial charge is 0.306 e. The summed E-state index contributed by atoms with van der Waals surface area (Å²) in [6.07, 6.45) is 2.93. The highest BCUT2D eigenvalue weighted by molar-refractivity contribution is 9.11. The van der Waals surface area contributed by atoms with Crippen molar-refractivity contribution in [2.75, 3.05) is 6.54 Å². The molecule has 1 N–H and O–H groups in total.